The van der Waals surface area contributed by atoms with Gasteiger partial charge in [-0.15, -0.1) is 0 Å². The zero-order valence-corrected chi connectivity index (χ0v) is 23.7. The Labute approximate surface area is 246 Å². The van der Waals surface area contributed by atoms with Crippen molar-refractivity contribution in [2.75, 3.05) is 32.6 Å². The number of benzene rings is 1. The minimum absolute atomic E-state index is 0.0264. The molecule has 0 bridgehead atoms. The molecule has 0 radical (unpaired) electrons. The molecular formula is C32H29FN8O2. The highest BCUT2D eigenvalue weighted by Crippen LogP contribution is 2.36. The largest absolute Gasteiger partial charge is 0.492 e. The highest BCUT2D eigenvalue weighted by molar-refractivity contribution is 6.01. The van der Waals surface area contributed by atoms with Crippen molar-refractivity contribution in [3.05, 3.63) is 73.2 Å². The van der Waals surface area contributed by atoms with Gasteiger partial charge in [0.25, 0.3) is 0 Å². The van der Waals surface area contributed by atoms with Crippen LogP contribution in [0.5, 0.6) is 5.75 Å². The number of halogens is 1. The number of aromatic amines is 2. The van der Waals surface area contributed by atoms with Crippen LogP contribution in [-0.4, -0.2) is 68.2 Å². The summed E-state index contributed by atoms with van der Waals surface area (Å²) in [4.78, 5) is 31.0. The van der Waals surface area contributed by atoms with E-state index >= 15 is 0 Å². The number of H-pyrrole nitrogens is 2. The molecule has 0 aliphatic heterocycles. The molecule has 0 unspecified atom stereocenters. The van der Waals surface area contributed by atoms with Gasteiger partial charge in [0.2, 0.25) is 5.91 Å². The van der Waals surface area contributed by atoms with E-state index in [0.717, 1.165) is 58.0 Å². The molecule has 5 heterocycles. The number of amides is 1. The van der Waals surface area contributed by atoms with E-state index in [4.69, 9.17) is 4.74 Å². The first-order chi connectivity index (χ1) is 20.9. The summed E-state index contributed by atoms with van der Waals surface area (Å²) < 4.78 is 20.5. The molecule has 0 saturated heterocycles. The molecule has 1 aromatic carbocycles. The van der Waals surface area contributed by atoms with Crippen LogP contribution in [0.2, 0.25) is 0 Å². The zero-order chi connectivity index (χ0) is 29.5. The molecule has 1 aliphatic carbocycles. The van der Waals surface area contributed by atoms with Crippen molar-refractivity contribution in [1.29, 1.82) is 0 Å². The van der Waals surface area contributed by atoms with Crippen LogP contribution in [0.1, 0.15) is 12.8 Å². The average molecular weight is 577 g/mol. The van der Waals surface area contributed by atoms with Gasteiger partial charge in [0.05, 0.1) is 46.7 Å². The molecule has 10 nitrogen and oxygen atoms in total. The van der Waals surface area contributed by atoms with Crippen molar-refractivity contribution in [3.8, 4) is 39.5 Å². The Morgan fingerprint density at radius 2 is 1.84 bits per heavy atom. The normalized spacial score (nSPS) is 13.2. The Balaban J connectivity index is 1.23. The number of carbonyl (C=O) groups excluding carboxylic acids is 1. The second kappa shape index (κ2) is 10.9. The van der Waals surface area contributed by atoms with Gasteiger partial charge in [0.1, 0.15) is 23.9 Å². The van der Waals surface area contributed by atoms with Crippen molar-refractivity contribution in [2.24, 2.45) is 5.92 Å². The molecule has 1 fully saturated rings. The quantitative estimate of drug-likeness (QED) is 0.203. The maximum Gasteiger partial charge on any atom is 0.227 e. The highest BCUT2D eigenvalue weighted by Gasteiger charge is 2.29. The minimum Gasteiger partial charge on any atom is -0.492 e. The number of aromatic nitrogens is 6. The van der Waals surface area contributed by atoms with Crippen LogP contribution < -0.4 is 10.1 Å². The summed E-state index contributed by atoms with van der Waals surface area (Å²) in [6.07, 6.45) is 10.4. The molecule has 0 atom stereocenters. The van der Waals surface area contributed by atoms with Gasteiger partial charge in [-0.1, -0.05) is 0 Å². The maximum atomic E-state index is 14.6. The molecule has 3 N–H and O–H groups in total. The van der Waals surface area contributed by atoms with Crippen molar-refractivity contribution >= 4 is 33.4 Å². The molecule has 216 valence electrons. The molecule has 0 spiro atoms. The number of fused-ring (bicyclic) bond motifs is 2. The van der Waals surface area contributed by atoms with Crippen LogP contribution in [0.3, 0.4) is 0 Å². The molecule has 5 aromatic heterocycles. The fraction of sp³-hybridized carbons (Fsp3) is 0.219. The Morgan fingerprint density at radius 3 is 2.67 bits per heavy atom. The standard InChI is InChI=1S/C32H29FN8O2/c1-41(2)5-6-43-23-9-19(7-21(33)10-23)26-15-35-16-29-24(26)11-28(38-29)31-25-12-27(36-17-30(25)39-40-31)20-8-22(14-34-13-20)37-32(42)18-3-4-18/h7-18,38H,3-6H2,1-2H3,(H,37,42)(H,39,40). The van der Waals surface area contributed by atoms with Gasteiger partial charge in [-0.2, -0.15) is 5.10 Å². The Hall–Kier alpha value is -5.16. The van der Waals surface area contributed by atoms with Crippen molar-refractivity contribution in [2.45, 2.75) is 12.8 Å². The summed E-state index contributed by atoms with van der Waals surface area (Å²) in [7, 11) is 3.92. The highest BCUT2D eigenvalue weighted by atomic mass is 19.1. The monoisotopic (exact) mass is 576 g/mol. The Bertz CT molecular complexity index is 1980. The lowest BCUT2D eigenvalue weighted by molar-refractivity contribution is -0.117. The lowest BCUT2D eigenvalue weighted by atomic mass is 10.0. The number of hydrogen-bond acceptors (Lipinski definition) is 7. The van der Waals surface area contributed by atoms with Gasteiger partial charge < -0.3 is 19.9 Å². The molecule has 1 saturated carbocycles. The number of pyridine rings is 3. The van der Waals surface area contributed by atoms with E-state index in [2.05, 4.69) is 35.5 Å². The van der Waals surface area contributed by atoms with Crippen molar-refractivity contribution in [1.82, 2.24) is 35.0 Å². The van der Waals surface area contributed by atoms with E-state index < -0.39 is 0 Å². The van der Waals surface area contributed by atoms with E-state index in [9.17, 15) is 9.18 Å². The predicted molar refractivity (Wildman–Crippen MR) is 163 cm³/mol. The average Bonchev–Trinajstić information content (AvgIpc) is 3.62. The zero-order valence-electron chi connectivity index (χ0n) is 23.7. The second-order valence-corrected chi connectivity index (χ2v) is 11.1. The number of likely N-dealkylation sites (N-methyl/N-ethyl adjacent to an activating group) is 1. The van der Waals surface area contributed by atoms with Crippen LogP contribution >= 0.6 is 0 Å². The van der Waals surface area contributed by atoms with Crippen LogP contribution in [0, 0.1) is 11.7 Å². The summed E-state index contributed by atoms with van der Waals surface area (Å²) in [5.41, 5.74) is 6.60. The first-order valence-corrected chi connectivity index (χ1v) is 14.1. The molecule has 1 aliphatic rings. The van der Waals surface area contributed by atoms with Gasteiger partial charge in [-0.25, -0.2) is 4.39 Å². The van der Waals surface area contributed by atoms with Gasteiger partial charge in [0, 0.05) is 52.8 Å². The lowest BCUT2D eigenvalue weighted by Crippen LogP contribution is -2.19. The predicted octanol–water partition coefficient (Wildman–Crippen LogP) is 5.66. The summed E-state index contributed by atoms with van der Waals surface area (Å²) in [6.45, 7) is 1.17. The third kappa shape index (κ3) is 5.54. The number of carbonyl (C=O) groups is 1. The van der Waals surface area contributed by atoms with E-state index in [1.54, 1.807) is 31.0 Å². The summed E-state index contributed by atoms with van der Waals surface area (Å²) in [5.74, 6) is 0.212. The summed E-state index contributed by atoms with van der Waals surface area (Å²) in [6, 6.07) is 10.5. The van der Waals surface area contributed by atoms with E-state index in [-0.39, 0.29) is 17.6 Å². The van der Waals surface area contributed by atoms with Crippen molar-refractivity contribution in [3.63, 3.8) is 0 Å². The molecular weight excluding hydrogens is 547 g/mol. The first kappa shape index (κ1) is 26.7. The Morgan fingerprint density at radius 1 is 0.977 bits per heavy atom. The van der Waals surface area contributed by atoms with E-state index in [0.29, 0.717) is 35.0 Å². The van der Waals surface area contributed by atoms with Crippen LogP contribution in [0.25, 0.3) is 55.6 Å². The second-order valence-electron chi connectivity index (χ2n) is 11.1. The number of nitrogens with one attached hydrogen (secondary N) is 3. The SMILES string of the molecule is CN(C)CCOc1cc(F)cc(-c2cncc3[nH]c(-c4n[nH]c5cnc(-c6cncc(NC(=O)C7CC7)c6)cc45)cc23)c1. The van der Waals surface area contributed by atoms with Gasteiger partial charge in [-0.3, -0.25) is 24.8 Å². The topological polar surface area (TPSA) is 125 Å². The number of ether oxygens (including phenoxy) is 1. The van der Waals surface area contributed by atoms with E-state index in [1.165, 1.54) is 12.1 Å². The number of nitrogens with zero attached hydrogens (tertiary/aromatic N) is 5. The maximum absolute atomic E-state index is 14.6. The fourth-order valence-electron chi connectivity index (χ4n) is 5.07. The first-order valence-electron chi connectivity index (χ1n) is 14.1. The minimum atomic E-state index is -0.380. The van der Waals surface area contributed by atoms with Crippen LogP contribution in [-0.2, 0) is 4.79 Å². The Kier molecular flexibility index (Phi) is 6.78. The van der Waals surface area contributed by atoms with Gasteiger partial charge >= 0.3 is 0 Å². The molecule has 7 rings (SSSR count). The molecule has 11 heteroatoms. The van der Waals surface area contributed by atoms with Crippen LogP contribution in [0.15, 0.2) is 67.4 Å². The fourth-order valence-corrected chi connectivity index (χ4v) is 5.07. The molecule has 1 amide bonds. The smallest absolute Gasteiger partial charge is 0.227 e. The van der Waals surface area contributed by atoms with Crippen LogP contribution in [0.4, 0.5) is 10.1 Å². The van der Waals surface area contributed by atoms with Crippen molar-refractivity contribution < 1.29 is 13.9 Å². The van der Waals surface area contributed by atoms with Gasteiger partial charge in [0.15, 0.2) is 0 Å². The summed E-state index contributed by atoms with van der Waals surface area (Å²) >= 11 is 0. The third-order valence-electron chi connectivity index (χ3n) is 7.49. The molecule has 43 heavy (non-hydrogen) atoms. The number of hydrogen-bond donors (Lipinski definition) is 3. The van der Waals surface area contributed by atoms with Gasteiger partial charge in [-0.05, 0) is 62.8 Å². The number of anilines is 1. The summed E-state index contributed by atoms with van der Waals surface area (Å²) in [5, 5.41) is 12.3. The third-order valence-corrected chi connectivity index (χ3v) is 7.49. The molecule has 6 aromatic rings. The lowest BCUT2D eigenvalue weighted by Gasteiger charge is -2.12. The number of rotatable bonds is 9. The van der Waals surface area contributed by atoms with E-state index in [1.807, 2.05) is 43.3 Å².